The van der Waals surface area contributed by atoms with E-state index in [2.05, 4.69) is 13.1 Å². The van der Waals surface area contributed by atoms with Crippen molar-refractivity contribution in [2.45, 2.75) is 56.5 Å². The third kappa shape index (κ3) is 3.15. The van der Waals surface area contributed by atoms with Crippen molar-refractivity contribution in [2.24, 2.45) is 0 Å². The van der Waals surface area contributed by atoms with E-state index in [-0.39, 0.29) is 0 Å². The Labute approximate surface area is 95.6 Å². The second-order valence-electron chi connectivity index (χ2n) is 5.66. The summed E-state index contributed by atoms with van der Waals surface area (Å²) in [4.78, 5) is 0. The molecular weight excluding hydrogens is 220 g/mol. The molecule has 15 heavy (non-hydrogen) atoms. The summed E-state index contributed by atoms with van der Waals surface area (Å²) < 4.78 is 12.0. The van der Waals surface area contributed by atoms with Crippen LogP contribution in [0.2, 0.25) is 37.3 Å². The summed E-state index contributed by atoms with van der Waals surface area (Å²) >= 11 is 0. The molecule has 0 aromatic rings. The lowest BCUT2D eigenvalue weighted by atomic mass is 10.5. The monoisotopic (exact) mass is 244 g/mol. The lowest BCUT2D eigenvalue weighted by Crippen LogP contribution is -2.43. The molecule has 2 heterocycles. The Balaban J connectivity index is 1.48. The zero-order chi connectivity index (χ0) is 10.8. The Bertz CT molecular complexity index is 191. The average Bonchev–Trinajstić information content (AvgIpc) is 2.12. The third-order valence-corrected chi connectivity index (χ3v) is 11.5. The van der Waals surface area contributed by atoms with Gasteiger partial charge in [0.15, 0.2) is 16.6 Å². The first kappa shape index (κ1) is 11.8. The maximum absolute atomic E-state index is 6.01. The van der Waals surface area contributed by atoms with Crippen molar-refractivity contribution in [3.63, 3.8) is 0 Å². The van der Waals surface area contributed by atoms with E-state index in [0.717, 1.165) is 19.6 Å². The predicted octanol–water partition coefficient (Wildman–Crippen LogP) is 3.37. The van der Waals surface area contributed by atoms with Crippen LogP contribution in [0.1, 0.15) is 19.3 Å². The normalized spacial score (nSPS) is 26.8. The minimum atomic E-state index is -1.13. The van der Waals surface area contributed by atoms with Crippen molar-refractivity contribution in [1.82, 2.24) is 0 Å². The highest BCUT2D eigenvalue weighted by Gasteiger charge is 2.37. The fraction of sp³-hybridized carbons (Fsp3) is 1.00. The van der Waals surface area contributed by atoms with Gasteiger partial charge in [0.1, 0.15) is 0 Å². The Morgan fingerprint density at radius 1 is 0.800 bits per heavy atom. The standard InChI is InChI=1S/C11H24O2Si2/c1-14(8-4-9-14)12-6-3-7-13-15(2)10-5-11-15/h3-11H2,1-2H3. The fourth-order valence-corrected chi connectivity index (χ4v) is 6.88. The first-order chi connectivity index (χ1) is 7.12. The van der Waals surface area contributed by atoms with Gasteiger partial charge in [0.2, 0.25) is 0 Å². The SMILES string of the molecule is C[Si]1(OCCCO[Si]2(C)CCC2)CCC1. The van der Waals surface area contributed by atoms with E-state index in [1.165, 1.54) is 37.0 Å². The third-order valence-electron chi connectivity index (χ3n) is 4.01. The topological polar surface area (TPSA) is 18.5 Å². The van der Waals surface area contributed by atoms with E-state index < -0.39 is 16.6 Å². The molecule has 2 nitrogen and oxygen atoms in total. The molecule has 2 aliphatic rings. The lowest BCUT2D eigenvalue weighted by Gasteiger charge is -2.37. The van der Waals surface area contributed by atoms with Crippen LogP contribution in [0.15, 0.2) is 0 Å². The summed E-state index contributed by atoms with van der Waals surface area (Å²) in [7, 11) is -2.26. The number of rotatable bonds is 6. The Morgan fingerprint density at radius 2 is 1.20 bits per heavy atom. The van der Waals surface area contributed by atoms with Crippen LogP contribution in [0.25, 0.3) is 0 Å². The summed E-state index contributed by atoms with van der Waals surface area (Å²) in [5, 5.41) is 0. The largest absolute Gasteiger partial charge is 0.417 e. The van der Waals surface area contributed by atoms with Gasteiger partial charge < -0.3 is 8.85 Å². The van der Waals surface area contributed by atoms with Crippen LogP contribution in [0.5, 0.6) is 0 Å². The highest BCUT2D eigenvalue weighted by molar-refractivity contribution is 6.75. The summed E-state index contributed by atoms with van der Waals surface area (Å²) in [6, 6.07) is 5.56. The molecular formula is C11H24O2Si2. The van der Waals surface area contributed by atoms with E-state index in [9.17, 15) is 0 Å². The minimum absolute atomic E-state index is 0.952. The highest BCUT2D eigenvalue weighted by atomic mass is 28.4. The molecule has 2 aliphatic heterocycles. The predicted molar refractivity (Wildman–Crippen MR) is 68.2 cm³/mol. The quantitative estimate of drug-likeness (QED) is 0.527. The van der Waals surface area contributed by atoms with Crippen LogP contribution in [-0.4, -0.2) is 29.8 Å². The summed E-state index contributed by atoms with van der Waals surface area (Å²) in [5.41, 5.74) is 0. The van der Waals surface area contributed by atoms with E-state index >= 15 is 0 Å². The zero-order valence-electron chi connectivity index (χ0n) is 10.2. The van der Waals surface area contributed by atoms with Gasteiger partial charge in [-0.2, -0.15) is 0 Å². The molecule has 4 heteroatoms. The molecule has 0 atom stereocenters. The molecule has 2 saturated heterocycles. The summed E-state index contributed by atoms with van der Waals surface area (Å²) in [6.07, 6.45) is 3.93. The van der Waals surface area contributed by atoms with E-state index in [1.54, 1.807) is 0 Å². The van der Waals surface area contributed by atoms with Gasteiger partial charge in [0, 0.05) is 13.2 Å². The van der Waals surface area contributed by atoms with Gasteiger partial charge in [0.25, 0.3) is 0 Å². The Kier molecular flexibility index (Phi) is 3.70. The van der Waals surface area contributed by atoms with E-state index in [4.69, 9.17) is 8.85 Å². The molecule has 0 amide bonds. The van der Waals surface area contributed by atoms with Crippen molar-refractivity contribution in [3.05, 3.63) is 0 Å². The van der Waals surface area contributed by atoms with E-state index in [1.807, 2.05) is 0 Å². The van der Waals surface area contributed by atoms with Crippen molar-refractivity contribution in [2.75, 3.05) is 13.2 Å². The molecule has 0 N–H and O–H groups in total. The number of hydrogen-bond acceptors (Lipinski definition) is 2. The second-order valence-corrected chi connectivity index (χ2v) is 14.0. The molecule has 0 unspecified atom stereocenters. The van der Waals surface area contributed by atoms with E-state index in [0.29, 0.717) is 0 Å². The Morgan fingerprint density at radius 3 is 1.47 bits per heavy atom. The summed E-state index contributed by atoms with van der Waals surface area (Å²) in [5.74, 6) is 0. The van der Waals surface area contributed by atoms with Crippen LogP contribution in [0, 0.1) is 0 Å². The molecule has 0 saturated carbocycles. The van der Waals surface area contributed by atoms with Crippen LogP contribution in [0.3, 0.4) is 0 Å². The molecule has 2 fully saturated rings. The first-order valence-corrected chi connectivity index (χ1v) is 12.0. The van der Waals surface area contributed by atoms with Gasteiger partial charge in [-0.05, 0) is 43.7 Å². The second kappa shape index (κ2) is 4.69. The molecule has 88 valence electrons. The van der Waals surface area contributed by atoms with Gasteiger partial charge in [-0.25, -0.2) is 0 Å². The van der Waals surface area contributed by atoms with Crippen molar-refractivity contribution < 1.29 is 8.85 Å². The van der Waals surface area contributed by atoms with Crippen molar-refractivity contribution in [3.8, 4) is 0 Å². The molecule has 0 bridgehead atoms. The minimum Gasteiger partial charge on any atom is -0.417 e. The zero-order valence-corrected chi connectivity index (χ0v) is 12.2. The van der Waals surface area contributed by atoms with Gasteiger partial charge in [-0.1, -0.05) is 12.8 Å². The molecule has 0 aromatic heterocycles. The maximum Gasteiger partial charge on any atom is 0.189 e. The molecule has 0 aromatic carbocycles. The average molecular weight is 244 g/mol. The number of hydrogen-bond donors (Lipinski definition) is 0. The van der Waals surface area contributed by atoms with Gasteiger partial charge in [-0.3, -0.25) is 0 Å². The van der Waals surface area contributed by atoms with Gasteiger partial charge >= 0.3 is 0 Å². The van der Waals surface area contributed by atoms with Crippen LogP contribution >= 0.6 is 0 Å². The lowest BCUT2D eigenvalue weighted by molar-refractivity contribution is 0.223. The molecule has 2 rings (SSSR count). The maximum atomic E-state index is 6.01. The first-order valence-electron chi connectivity index (χ1n) is 6.40. The Hall–Kier alpha value is 0.354. The smallest absolute Gasteiger partial charge is 0.189 e. The fourth-order valence-electron chi connectivity index (χ4n) is 2.33. The van der Waals surface area contributed by atoms with Crippen LogP contribution in [0.4, 0.5) is 0 Å². The van der Waals surface area contributed by atoms with Crippen LogP contribution in [-0.2, 0) is 8.85 Å². The molecule has 0 aliphatic carbocycles. The van der Waals surface area contributed by atoms with Gasteiger partial charge in [0.05, 0.1) is 0 Å². The van der Waals surface area contributed by atoms with Crippen molar-refractivity contribution >= 4 is 16.6 Å². The van der Waals surface area contributed by atoms with Crippen molar-refractivity contribution in [1.29, 1.82) is 0 Å². The molecule has 0 spiro atoms. The van der Waals surface area contributed by atoms with Gasteiger partial charge in [-0.15, -0.1) is 0 Å². The summed E-state index contributed by atoms with van der Waals surface area (Å²) in [6.45, 7) is 6.65. The van der Waals surface area contributed by atoms with Crippen LogP contribution < -0.4 is 0 Å². The highest BCUT2D eigenvalue weighted by Crippen LogP contribution is 2.34. The molecule has 0 radical (unpaired) electrons.